The molecule has 110 valence electrons. The van der Waals surface area contributed by atoms with Gasteiger partial charge in [0.25, 0.3) is 5.69 Å². The largest absolute Gasteiger partial charge is 0.394 e. The lowest BCUT2D eigenvalue weighted by atomic mass is 9.78. The second-order valence-electron chi connectivity index (χ2n) is 5.10. The molecule has 20 heavy (non-hydrogen) atoms. The fourth-order valence-electron chi connectivity index (χ4n) is 2.28. The molecule has 0 saturated heterocycles. The zero-order chi connectivity index (χ0) is 15.0. The topological polar surface area (TPSA) is 110 Å². The lowest BCUT2D eigenvalue weighted by molar-refractivity contribution is -0.385. The van der Waals surface area contributed by atoms with E-state index >= 15 is 0 Å². The second kappa shape index (κ2) is 5.12. The Hall–Kier alpha value is -1.51. The zero-order valence-electron chi connectivity index (χ0n) is 11.0. The van der Waals surface area contributed by atoms with Gasteiger partial charge in [0.1, 0.15) is 0 Å². The SMILES string of the molecule is Cc1cc([N+](=O)[O-])ccc1S(=O)(=O)NC1(CO)CCC1. The van der Waals surface area contributed by atoms with E-state index in [1.165, 1.54) is 19.1 Å². The third kappa shape index (κ3) is 2.67. The molecule has 1 saturated carbocycles. The fraction of sp³-hybridized carbons (Fsp3) is 0.500. The number of nitro benzene ring substituents is 1. The predicted molar refractivity (Wildman–Crippen MR) is 71.8 cm³/mol. The number of nitro groups is 1. The molecule has 1 aromatic rings. The summed E-state index contributed by atoms with van der Waals surface area (Å²) in [6.45, 7) is 1.26. The molecule has 0 aliphatic heterocycles. The van der Waals surface area contributed by atoms with Gasteiger partial charge >= 0.3 is 0 Å². The normalized spacial score (nSPS) is 17.5. The van der Waals surface area contributed by atoms with Gasteiger partial charge in [0.2, 0.25) is 10.0 Å². The summed E-state index contributed by atoms with van der Waals surface area (Å²) >= 11 is 0. The summed E-state index contributed by atoms with van der Waals surface area (Å²) in [5.41, 5.74) is -0.631. The molecule has 0 amide bonds. The first kappa shape index (κ1) is 14.9. The third-order valence-electron chi connectivity index (χ3n) is 3.62. The van der Waals surface area contributed by atoms with Crippen LogP contribution in [0.25, 0.3) is 0 Å². The van der Waals surface area contributed by atoms with Gasteiger partial charge < -0.3 is 5.11 Å². The van der Waals surface area contributed by atoms with Crippen LogP contribution < -0.4 is 4.72 Å². The van der Waals surface area contributed by atoms with E-state index in [4.69, 9.17) is 0 Å². The maximum absolute atomic E-state index is 12.3. The third-order valence-corrected chi connectivity index (χ3v) is 5.36. The average molecular weight is 300 g/mol. The minimum Gasteiger partial charge on any atom is -0.394 e. The van der Waals surface area contributed by atoms with Crippen LogP contribution in [0.5, 0.6) is 0 Å². The number of hydrogen-bond donors (Lipinski definition) is 2. The highest BCUT2D eigenvalue weighted by molar-refractivity contribution is 7.89. The van der Waals surface area contributed by atoms with E-state index in [1.807, 2.05) is 0 Å². The molecule has 0 radical (unpaired) electrons. The highest BCUT2D eigenvalue weighted by atomic mass is 32.2. The molecule has 1 fully saturated rings. The number of aliphatic hydroxyl groups is 1. The van der Waals surface area contributed by atoms with E-state index in [1.54, 1.807) is 0 Å². The Kier molecular flexibility index (Phi) is 3.81. The van der Waals surface area contributed by atoms with Gasteiger partial charge in [-0.2, -0.15) is 0 Å². The number of sulfonamides is 1. The Balaban J connectivity index is 2.32. The van der Waals surface area contributed by atoms with Crippen molar-refractivity contribution >= 4 is 15.7 Å². The second-order valence-corrected chi connectivity index (χ2v) is 6.76. The van der Waals surface area contributed by atoms with Crippen LogP contribution in [-0.2, 0) is 10.0 Å². The van der Waals surface area contributed by atoms with Crippen LogP contribution in [0.1, 0.15) is 24.8 Å². The Morgan fingerprint density at radius 1 is 1.45 bits per heavy atom. The molecule has 1 aliphatic carbocycles. The molecule has 0 bridgehead atoms. The molecule has 8 heteroatoms. The minimum absolute atomic E-state index is 0.00262. The Labute approximate surface area is 116 Å². The molecule has 0 atom stereocenters. The van der Waals surface area contributed by atoms with Gasteiger partial charge in [0.15, 0.2) is 0 Å². The van der Waals surface area contributed by atoms with Crippen LogP contribution >= 0.6 is 0 Å². The first-order chi connectivity index (χ1) is 9.30. The van der Waals surface area contributed by atoms with Crippen molar-refractivity contribution in [3.05, 3.63) is 33.9 Å². The summed E-state index contributed by atoms with van der Waals surface area (Å²) < 4.78 is 27.1. The van der Waals surface area contributed by atoms with Gasteiger partial charge in [0, 0.05) is 12.1 Å². The van der Waals surface area contributed by atoms with E-state index in [2.05, 4.69) is 4.72 Å². The maximum atomic E-state index is 12.3. The lowest BCUT2D eigenvalue weighted by Crippen LogP contribution is -2.56. The van der Waals surface area contributed by atoms with Crippen LogP contribution in [0, 0.1) is 17.0 Å². The summed E-state index contributed by atoms with van der Waals surface area (Å²) in [5.74, 6) is 0. The number of rotatable bonds is 5. The van der Waals surface area contributed by atoms with Crippen molar-refractivity contribution in [2.45, 2.75) is 36.6 Å². The van der Waals surface area contributed by atoms with E-state index in [-0.39, 0.29) is 17.2 Å². The standard InChI is InChI=1S/C12H16N2O5S/c1-9-7-10(14(16)17)3-4-11(9)20(18,19)13-12(8-15)5-2-6-12/h3-4,7,13,15H,2,5-6,8H2,1H3. The fourth-order valence-corrected chi connectivity index (χ4v) is 3.96. The molecular weight excluding hydrogens is 284 g/mol. The molecule has 2 rings (SSSR count). The molecule has 0 aromatic heterocycles. The van der Waals surface area contributed by atoms with Crippen molar-refractivity contribution in [3.63, 3.8) is 0 Å². The molecule has 2 N–H and O–H groups in total. The highest BCUT2D eigenvalue weighted by Crippen LogP contribution is 2.33. The van der Waals surface area contributed by atoms with Crippen molar-refractivity contribution in [2.24, 2.45) is 0 Å². The quantitative estimate of drug-likeness (QED) is 0.625. The van der Waals surface area contributed by atoms with Crippen molar-refractivity contribution < 1.29 is 18.4 Å². The van der Waals surface area contributed by atoms with Crippen LogP contribution in [0.15, 0.2) is 23.1 Å². The summed E-state index contributed by atoms with van der Waals surface area (Å²) in [5, 5.41) is 20.0. The molecule has 0 spiro atoms. The number of aryl methyl sites for hydroxylation is 1. The molecule has 7 nitrogen and oxygen atoms in total. The van der Waals surface area contributed by atoms with Crippen molar-refractivity contribution in [1.82, 2.24) is 4.72 Å². The van der Waals surface area contributed by atoms with Crippen LogP contribution in [0.2, 0.25) is 0 Å². The summed E-state index contributed by atoms with van der Waals surface area (Å²) in [7, 11) is -3.80. The van der Waals surface area contributed by atoms with Crippen molar-refractivity contribution in [1.29, 1.82) is 0 Å². The van der Waals surface area contributed by atoms with Gasteiger partial charge in [-0.25, -0.2) is 13.1 Å². The van der Waals surface area contributed by atoms with Crippen LogP contribution in [0.3, 0.4) is 0 Å². The number of hydrogen-bond acceptors (Lipinski definition) is 5. The van der Waals surface area contributed by atoms with Gasteiger partial charge in [-0.3, -0.25) is 10.1 Å². The van der Waals surface area contributed by atoms with Gasteiger partial charge in [-0.05, 0) is 37.8 Å². The van der Waals surface area contributed by atoms with Gasteiger partial charge in [-0.15, -0.1) is 0 Å². The van der Waals surface area contributed by atoms with Gasteiger partial charge in [0.05, 0.1) is 22.0 Å². The van der Waals surface area contributed by atoms with Crippen LogP contribution in [-0.4, -0.2) is 30.6 Å². The summed E-state index contributed by atoms with van der Waals surface area (Å²) in [4.78, 5) is 10.1. The summed E-state index contributed by atoms with van der Waals surface area (Å²) in [6, 6.07) is 3.61. The molecule has 1 aliphatic rings. The Bertz CT molecular complexity index is 632. The zero-order valence-corrected chi connectivity index (χ0v) is 11.8. The number of nitrogens with one attached hydrogen (secondary N) is 1. The predicted octanol–water partition coefficient (Wildman–Crippen LogP) is 1.10. The lowest BCUT2D eigenvalue weighted by Gasteiger charge is -2.40. The molecule has 0 heterocycles. The molecule has 1 aromatic carbocycles. The summed E-state index contributed by atoms with van der Waals surface area (Å²) in [6.07, 6.45) is 2.05. The van der Waals surface area contributed by atoms with Gasteiger partial charge in [-0.1, -0.05) is 0 Å². The highest BCUT2D eigenvalue weighted by Gasteiger charge is 2.40. The van der Waals surface area contributed by atoms with E-state index in [0.29, 0.717) is 18.4 Å². The van der Waals surface area contributed by atoms with E-state index < -0.39 is 20.5 Å². The minimum atomic E-state index is -3.80. The van der Waals surface area contributed by atoms with E-state index in [0.717, 1.165) is 12.5 Å². The Morgan fingerprint density at radius 3 is 2.50 bits per heavy atom. The maximum Gasteiger partial charge on any atom is 0.269 e. The van der Waals surface area contributed by atoms with Crippen molar-refractivity contribution in [2.75, 3.05) is 6.61 Å². The van der Waals surface area contributed by atoms with E-state index in [9.17, 15) is 23.6 Å². The number of aliphatic hydroxyl groups excluding tert-OH is 1. The first-order valence-corrected chi connectivity index (χ1v) is 7.68. The number of nitrogens with zero attached hydrogens (tertiary/aromatic N) is 1. The number of non-ortho nitro benzene ring substituents is 1. The molecular formula is C12H16N2O5S. The Morgan fingerprint density at radius 2 is 2.10 bits per heavy atom. The molecule has 0 unspecified atom stereocenters. The number of benzene rings is 1. The first-order valence-electron chi connectivity index (χ1n) is 6.20. The van der Waals surface area contributed by atoms with Crippen molar-refractivity contribution in [3.8, 4) is 0 Å². The van der Waals surface area contributed by atoms with Crippen LogP contribution in [0.4, 0.5) is 5.69 Å². The monoisotopic (exact) mass is 300 g/mol. The smallest absolute Gasteiger partial charge is 0.269 e. The average Bonchev–Trinajstić information content (AvgIpc) is 2.33.